The molecule has 35 heavy (non-hydrogen) atoms. The van der Waals surface area contributed by atoms with Gasteiger partial charge in [0.1, 0.15) is 5.78 Å². The van der Waals surface area contributed by atoms with Crippen LogP contribution in [0.25, 0.3) is 0 Å². The maximum Gasteiger partial charge on any atom is 1.00 e. The molecule has 4 rings (SSSR count). The molecule has 0 amide bonds. The quantitative estimate of drug-likeness (QED) is 0.265. The summed E-state index contributed by atoms with van der Waals surface area (Å²) in [5.41, 5.74) is 0.513. The van der Waals surface area contributed by atoms with Crippen LogP contribution in [-0.2, 0) is 10.4 Å². The van der Waals surface area contributed by atoms with Gasteiger partial charge in [-0.3, -0.25) is 4.79 Å². The van der Waals surface area contributed by atoms with Crippen LogP contribution in [0.5, 0.6) is 0 Å². The molecule has 2 saturated carbocycles. The monoisotopic (exact) mass is 666 g/mol. The number of ketones is 1. The van der Waals surface area contributed by atoms with Crippen LogP contribution in [0.2, 0.25) is 0 Å². The number of unbranched alkanes of at least 4 members (excludes halogenated alkanes) is 1. The van der Waals surface area contributed by atoms with E-state index in [0.717, 1.165) is 76.8 Å². The molecule has 2 aliphatic rings. The fourth-order valence-corrected chi connectivity index (χ4v) is 4.35. The third kappa shape index (κ3) is 17.3. The number of hydrogen-bond acceptors (Lipinski definition) is 2. The zero-order valence-corrected chi connectivity index (χ0v) is 25.6. The van der Waals surface area contributed by atoms with E-state index in [1.165, 1.54) is 19.3 Å². The Morgan fingerprint density at radius 3 is 1.43 bits per heavy atom. The largest absolute Gasteiger partial charge is 1.00 e. The van der Waals surface area contributed by atoms with Crippen molar-refractivity contribution in [3.05, 3.63) is 74.4 Å². The number of aliphatic hydroxyl groups is 1. The molecule has 0 aliphatic heterocycles. The molecule has 2 nitrogen and oxygen atoms in total. The van der Waals surface area contributed by atoms with Crippen molar-refractivity contribution in [3.63, 3.8) is 0 Å². The number of carbonyl (C=O) groups is 1. The molecule has 0 heterocycles. The SMILES string of the molecule is Brc1ccc(Br)cc1.C.O=C1CCCCC1.OC1(c2ccc(Br)cc2)CCCCC1.[CH2-]CCC.[Li+]. The van der Waals surface area contributed by atoms with Crippen molar-refractivity contribution in [3.8, 4) is 0 Å². The Hall–Kier alpha value is 0.107. The second-order valence-electron chi connectivity index (χ2n) is 8.49. The first-order valence-corrected chi connectivity index (χ1v) is 14.4. The van der Waals surface area contributed by atoms with Crippen LogP contribution in [-0.4, -0.2) is 10.9 Å². The second kappa shape index (κ2) is 22.1. The fourth-order valence-electron chi connectivity index (χ4n) is 3.56. The van der Waals surface area contributed by atoms with Gasteiger partial charge in [-0.2, -0.15) is 6.42 Å². The average molecular weight is 669 g/mol. The van der Waals surface area contributed by atoms with Crippen molar-refractivity contribution in [1.82, 2.24) is 0 Å². The summed E-state index contributed by atoms with van der Waals surface area (Å²) in [5.74, 6) is 0.464. The van der Waals surface area contributed by atoms with E-state index < -0.39 is 5.60 Å². The molecule has 0 spiro atoms. The van der Waals surface area contributed by atoms with Crippen LogP contribution < -0.4 is 18.9 Å². The molecule has 0 bridgehead atoms. The molecular weight excluding hydrogens is 627 g/mol. The predicted molar refractivity (Wildman–Crippen MR) is 158 cm³/mol. The van der Waals surface area contributed by atoms with Crippen LogP contribution in [0.1, 0.15) is 97.0 Å². The van der Waals surface area contributed by atoms with Crippen LogP contribution in [0, 0.1) is 6.92 Å². The van der Waals surface area contributed by atoms with E-state index in [9.17, 15) is 9.90 Å². The first-order chi connectivity index (χ1) is 15.8. The summed E-state index contributed by atoms with van der Waals surface area (Å²) in [6.45, 7) is 5.72. The number of rotatable bonds is 2. The van der Waals surface area contributed by atoms with E-state index in [4.69, 9.17) is 0 Å². The number of carbonyl (C=O) groups excluding carboxylic acids is 1. The maximum absolute atomic E-state index is 10.5. The van der Waals surface area contributed by atoms with Gasteiger partial charge in [0, 0.05) is 26.3 Å². The summed E-state index contributed by atoms with van der Waals surface area (Å²) >= 11 is 10.1. The van der Waals surface area contributed by atoms with Gasteiger partial charge < -0.3 is 12.0 Å². The summed E-state index contributed by atoms with van der Waals surface area (Å²) in [6.07, 6.45) is 12.9. The smallest absolute Gasteiger partial charge is 0.385 e. The van der Waals surface area contributed by atoms with Gasteiger partial charge in [0.2, 0.25) is 0 Å². The Labute approximate surface area is 252 Å². The Kier molecular flexibility index (Phi) is 23.6. The number of Topliss-reactive ketones (excluding diaryl/α,β-unsaturated/α-hetero) is 1. The number of halogens is 3. The molecule has 2 aromatic carbocycles. The molecule has 1 N–H and O–H groups in total. The first kappa shape index (κ1) is 37.3. The van der Waals surface area contributed by atoms with Crippen LogP contribution in [0.15, 0.2) is 61.9 Å². The van der Waals surface area contributed by atoms with Crippen molar-refractivity contribution in [2.75, 3.05) is 0 Å². The van der Waals surface area contributed by atoms with Crippen molar-refractivity contribution < 1.29 is 28.8 Å². The summed E-state index contributed by atoms with van der Waals surface area (Å²) < 4.78 is 3.29. The minimum absolute atomic E-state index is 0. The van der Waals surface area contributed by atoms with E-state index in [-0.39, 0.29) is 26.3 Å². The molecule has 6 heteroatoms. The number of hydrogen-bond donors (Lipinski definition) is 1. The minimum atomic E-state index is -0.557. The Morgan fingerprint density at radius 2 is 1.11 bits per heavy atom. The summed E-state index contributed by atoms with van der Waals surface area (Å²) in [4.78, 5) is 10.5. The first-order valence-electron chi connectivity index (χ1n) is 12.0. The summed E-state index contributed by atoms with van der Waals surface area (Å²) in [7, 11) is 0. The van der Waals surface area contributed by atoms with Crippen LogP contribution in [0.3, 0.4) is 0 Å². The molecule has 0 unspecified atom stereocenters. The van der Waals surface area contributed by atoms with E-state index in [0.29, 0.717) is 5.78 Å². The number of benzene rings is 2. The Balaban J connectivity index is 0. The Morgan fingerprint density at radius 1 is 0.771 bits per heavy atom. The van der Waals surface area contributed by atoms with E-state index in [2.05, 4.69) is 61.6 Å². The van der Waals surface area contributed by atoms with Gasteiger partial charge in [-0.1, -0.05) is 106 Å². The molecule has 2 fully saturated rings. The molecule has 2 aromatic rings. The zero-order chi connectivity index (χ0) is 24.5. The van der Waals surface area contributed by atoms with E-state index in [1.807, 2.05) is 48.5 Å². The standard InChI is InChI=1S/C12H15BrO.C6H4Br2.C6H10O.C4H9.CH4.Li/c13-11-6-4-10(5-7-11)12(14)8-2-1-3-9-12;7-5-1-2-6(8)4-3-5;7-6-4-2-1-3-5-6;1-3-4-2;;/h4-7,14H,1-3,8-9H2;1-4H;1-5H2;1,3-4H2,2H3;1H4;/q;;;-1;;+1. The van der Waals surface area contributed by atoms with Gasteiger partial charge in [-0.25, -0.2) is 0 Å². The molecule has 0 aromatic heterocycles. The van der Waals surface area contributed by atoms with E-state index in [1.54, 1.807) is 0 Å². The van der Waals surface area contributed by atoms with Crippen molar-refractivity contribution in [1.29, 1.82) is 0 Å². The third-order valence-electron chi connectivity index (χ3n) is 5.63. The third-order valence-corrected chi connectivity index (χ3v) is 7.22. The molecule has 0 atom stereocenters. The molecule has 2 aliphatic carbocycles. The maximum atomic E-state index is 10.5. The summed E-state index contributed by atoms with van der Waals surface area (Å²) in [6, 6.07) is 16.0. The fraction of sp³-hybridized carbons (Fsp3) is 0.517. The van der Waals surface area contributed by atoms with Gasteiger partial charge in [-0.15, -0.1) is 0 Å². The Bertz CT molecular complexity index is 743. The second-order valence-corrected chi connectivity index (χ2v) is 11.2. The van der Waals surface area contributed by atoms with Crippen molar-refractivity contribution in [2.24, 2.45) is 0 Å². The average Bonchev–Trinajstić information content (AvgIpc) is 2.83. The van der Waals surface area contributed by atoms with Gasteiger partial charge in [0.05, 0.1) is 5.60 Å². The predicted octanol–water partition coefficient (Wildman–Crippen LogP) is 7.59. The van der Waals surface area contributed by atoms with Crippen molar-refractivity contribution >= 4 is 53.6 Å². The normalized spacial score (nSPS) is 15.8. The van der Waals surface area contributed by atoms with E-state index >= 15 is 0 Å². The summed E-state index contributed by atoms with van der Waals surface area (Å²) in [5, 5.41) is 10.4. The zero-order valence-electron chi connectivity index (χ0n) is 20.8. The van der Waals surface area contributed by atoms with Gasteiger partial charge in [-0.05, 0) is 67.6 Å². The van der Waals surface area contributed by atoms with Gasteiger partial charge in [0.25, 0.3) is 0 Å². The topological polar surface area (TPSA) is 37.3 Å². The van der Waals surface area contributed by atoms with Crippen LogP contribution >= 0.6 is 47.8 Å². The van der Waals surface area contributed by atoms with Gasteiger partial charge in [0.15, 0.2) is 0 Å². The molecule has 0 radical (unpaired) electrons. The molecular formula is C29H42Br3LiO2. The minimum Gasteiger partial charge on any atom is -0.385 e. The van der Waals surface area contributed by atoms with Crippen molar-refractivity contribution in [2.45, 2.75) is 97.0 Å². The molecule has 0 saturated heterocycles. The molecule has 192 valence electrons. The van der Waals surface area contributed by atoms with Gasteiger partial charge >= 0.3 is 18.9 Å². The van der Waals surface area contributed by atoms with Crippen LogP contribution in [0.4, 0.5) is 0 Å².